The molecule has 0 N–H and O–H groups in total. The molecule has 0 amide bonds. The van der Waals surface area contributed by atoms with Gasteiger partial charge in [-0.15, -0.1) is 0 Å². The molecule has 0 bridgehead atoms. The fraction of sp³-hybridized carbons (Fsp3) is 0.429. The molecule has 2 aliphatic rings. The Morgan fingerprint density at radius 1 is 0.906 bits per heavy atom. The fourth-order valence-corrected chi connectivity index (χ4v) is 4.45. The molecule has 32 heavy (non-hydrogen) atoms. The predicted octanol–water partition coefficient (Wildman–Crippen LogP) is 2.30. The van der Waals surface area contributed by atoms with Crippen LogP contribution in [0.5, 0.6) is 5.75 Å². The summed E-state index contributed by atoms with van der Waals surface area (Å²) in [5.74, 6) is 0.842. The zero-order valence-electron chi connectivity index (χ0n) is 17.8. The molecular weight excluding hydrogens is 416 g/mol. The Hall–Kier alpha value is -3.60. The number of morpholine rings is 1. The molecule has 1 aromatic heterocycles. The highest BCUT2D eigenvalue weighted by Crippen LogP contribution is 2.41. The minimum Gasteiger partial charge on any atom is -0.495 e. The maximum absolute atomic E-state index is 11.9. The molecule has 2 aromatic carbocycles. The van der Waals surface area contributed by atoms with Crippen LogP contribution in [0.3, 0.4) is 0 Å². The second-order valence-electron chi connectivity index (χ2n) is 7.73. The van der Waals surface area contributed by atoms with Crippen LogP contribution < -0.4 is 19.4 Å². The molecule has 0 aliphatic carbocycles. The summed E-state index contributed by atoms with van der Waals surface area (Å²) in [6, 6.07) is 9.82. The van der Waals surface area contributed by atoms with Crippen molar-refractivity contribution in [3.05, 3.63) is 40.4 Å². The number of rotatable bonds is 5. The van der Waals surface area contributed by atoms with Crippen molar-refractivity contribution in [3.8, 4) is 5.75 Å². The minimum atomic E-state index is -0.402. The number of nitro benzene ring substituents is 1. The summed E-state index contributed by atoms with van der Waals surface area (Å²) in [6.07, 6.45) is 0. The van der Waals surface area contributed by atoms with E-state index < -0.39 is 4.92 Å². The van der Waals surface area contributed by atoms with Crippen molar-refractivity contribution in [2.24, 2.45) is 0 Å². The third-order valence-electron chi connectivity index (χ3n) is 6.05. The van der Waals surface area contributed by atoms with Gasteiger partial charge in [0.2, 0.25) is 5.52 Å². The van der Waals surface area contributed by atoms with Gasteiger partial charge >= 0.3 is 5.69 Å². The summed E-state index contributed by atoms with van der Waals surface area (Å²) in [7, 11) is 1.67. The zero-order valence-corrected chi connectivity index (χ0v) is 17.8. The number of benzene rings is 2. The van der Waals surface area contributed by atoms with Crippen LogP contribution in [0.4, 0.5) is 22.7 Å². The molecule has 5 rings (SSSR count). The Morgan fingerprint density at radius 3 is 2.22 bits per heavy atom. The molecule has 168 valence electrons. The average Bonchev–Trinajstić information content (AvgIpc) is 3.33. The van der Waals surface area contributed by atoms with Crippen LogP contribution in [0.15, 0.2) is 35.0 Å². The van der Waals surface area contributed by atoms with Gasteiger partial charge in [-0.1, -0.05) is 12.1 Å². The molecule has 0 atom stereocenters. The molecule has 2 saturated heterocycles. The summed E-state index contributed by atoms with van der Waals surface area (Å²) in [5, 5.41) is 19.8. The van der Waals surface area contributed by atoms with Crippen LogP contribution >= 0.6 is 0 Å². The van der Waals surface area contributed by atoms with Crippen LogP contribution in [0.25, 0.3) is 11.0 Å². The average molecular weight is 440 g/mol. The number of hydrogen-bond acceptors (Lipinski definition) is 10. The van der Waals surface area contributed by atoms with E-state index in [-0.39, 0.29) is 11.2 Å². The molecular formula is C21H24N6O5. The van der Waals surface area contributed by atoms with E-state index in [1.54, 1.807) is 7.11 Å². The van der Waals surface area contributed by atoms with Crippen LogP contribution in [-0.4, -0.2) is 74.8 Å². The van der Waals surface area contributed by atoms with Crippen molar-refractivity contribution < 1.29 is 19.0 Å². The van der Waals surface area contributed by atoms with Gasteiger partial charge < -0.3 is 24.2 Å². The molecule has 11 nitrogen and oxygen atoms in total. The smallest absolute Gasteiger partial charge is 0.323 e. The SMILES string of the molecule is COc1ccccc1N1CCN(c2cc(N3CCOCC3)c([N+](=O)[O-])c3nonc23)CC1. The highest BCUT2D eigenvalue weighted by atomic mass is 16.6. The van der Waals surface area contributed by atoms with Gasteiger partial charge in [0.25, 0.3) is 0 Å². The number of nitro groups is 1. The first kappa shape index (κ1) is 20.3. The molecule has 0 unspecified atom stereocenters. The van der Waals surface area contributed by atoms with Gasteiger partial charge in [0, 0.05) is 39.3 Å². The first-order valence-corrected chi connectivity index (χ1v) is 10.6. The zero-order chi connectivity index (χ0) is 22.1. The number of hydrogen-bond donors (Lipinski definition) is 0. The minimum absolute atomic E-state index is 0.0699. The molecule has 0 spiro atoms. The van der Waals surface area contributed by atoms with Crippen LogP contribution in [0.1, 0.15) is 0 Å². The lowest BCUT2D eigenvalue weighted by molar-refractivity contribution is -0.382. The second-order valence-corrected chi connectivity index (χ2v) is 7.73. The molecule has 0 radical (unpaired) electrons. The largest absolute Gasteiger partial charge is 0.495 e. The van der Waals surface area contributed by atoms with Crippen molar-refractivity contribution in [3.63, 3.8) is 0 Å². The third kappa shape index (κ3) is 3.54. The van der Waals surface area contributed by atoms with Crippen LogP contribution in [0.2, 0.25) is 0 Å². The van der Waals surface area contributed by atoms with Crippen molar-refractivity contribution in [2.45, 2.75) is 0 Å². The van der Waals surface area contributed by atoms with Gasteiger partial charge in [-0.05, 0) is 28.5 Å². The van der Waals surface area contributed by atoms with E-state index in [1.165, 1.54) is 0 Å². The number of methoxy groups -OCH3 is 1. The topological polar surface area (TPSA) is 110 Å². The van der Waals surface area contributed by atoms with E-state index in [2.05, 4.69) is 26.2 Å². The number of ether oxygens (including phenoxy) is 2. The van der Waals surface area contributed by atoms with Crippen molar-refractivity contribution in [2.75, 3.05) is 74.3 Å². The summed E-state index contributed by atoms with van der Waals surface area (Å²) in [6.45, 7) is 5.21. The van der Waals surface area contributed by atoms with Crippen molar-refractivity contribution in [1.82, 2.24) is 10.3 Å². The normalized spacial score (nSPS) is 17.1. The first-order chi connectivity index (χ1) is 15.7. The predicted molar refractivity (Wildman–Crippen MR) is 119 cm³/mol. The number of anilines is 3. The highest BCUT2D eigenvalue weighted by Gasteiger charge is 2.32. The number of nitrogens with zero attached hydrogens (tertiary/aromatic N) is 6. The maximum Gasteiger partial charge on any atom is 0.323 e. The van der Waals surface area contributed by atoms with Gasteiger partial charge in [-0.3, -0.25) is 10.1 Å². The van der Waals surface area contributed by atoms with Crippen LogP contribution in [0, 0.1) is 10.1 Å². The monoisotopic (exact) mass is 440 g/mol. The van der Waals surface area contributed by atoms with Gasteiger partial charge in [-0.2, -0.15) is 0 Å². The quantitative estimate of drug-likeness (QED) is 0.433. The Balaban J connectivity index is 1.48. The lowest BCUT2D eigenvalue weighted by atomic mass is 10.1. The lowest BCUT2D eigenvalue weighted by Crippen LogP contribution is -2.46. The summed E-state index contributed by atoms with van der Waals surface area (Å²) in [5.41, 5.74) is 2.91. The third-order valence-corrected chi connectivity index (χ3v) is 6.05. The lowest BCUT2D eigenvalue weighted by Gasteiger charge is -2.38. The molecule has 11 heteroatoms. The fourth-order valence-electron chi connectivity index (χ4n) is 4.45. The summed E-state index contributed by atoms with van der Waals surface area (Å²) >= 11 is 0. The summed E-state index contributed by atoms with van der Waals surface area (Å²) < 4.78 is 15.9. The van der Waals surface area contributed by atoms with Crippen molar-refractivity contribution >= 4 is 33.8 Å². The second kappa shape index (κ2) is 8.50. The van der Waals surface area contributed by atoms with Gasteiger partial charge in [-0.25, -0.2) is 4.63 Å². The Kier molecular flexibility index (Phi) is 5.39. The van der Waals surface area contributed by atoms with E-state index in [9.17, 15) is 10.1 Å². The van der Waals surface area contributed by atoms with Crippen LogP contribution in [-0.2, 0) is 4.74 Å². The van der Waals surface area contributed by atoms with E-state index >= 15 is 0 Å². The number of fused-ring (bicyclic) bond motifs is 1. The number of aromatic nitrogens is 2. The van der Waals surface area contributed by atoms with E-state index in [1.807, 2.05) is 29.2 Å². The molecule has 2 aliphatic heterocycles. The van der Waals surface area contributed by atoms with E-state index in [4.69, 9.17) is 14.1 Å². The van der Waals surface area contributed by atoms with Gasteiger partial charge in [0.15, 0.2) is 5.52 Å². The Morgan fingerprint density at radius 2 is 1.53 bits per heavy atom. The van der Waals surface area contributed by atoms with Gasteiger partial charge in [0.1, 0.15) is 11.4 Å². The molecule has 3 aromatic rings. The molecule has 0 saturated carbocycles. The number of para-hydroxylation sites is 2. The summed E-state index contributed by atoms with van der Waals surface area (Å²) in [4.78, 5) is 18.0. The first-order valence-electron chi connectivity index (χ1n) is 10.6. The highest BCUT2D eigenvalue weighted by molar-refractivity contribution is 6.00. The van der Waals surface area contributed by atoms with Gasteiger partial charge in [0.05, 0.1) is 36.6 Å². The van der Waals surface area contributed by atoms with E-state index in [0.29, 0.717) is 37.5 Å². The number of piperazine rings is 1. The van der Waals surface area contributed by atoms with Crippen molar-refractivity contribution in [1.29, 1.82) is 0 Å². The Bertz CT molecular complexity index is 1120. The maximum atomic E-state index is 11.9. The van der Waals surface area contributed by atoms with E-state index in [0.717, 1.165) is 43.3 Å². The molecule has 2 fully saturated rings. The Labute approximate surface area is 184 Å². The molecule has 3 heterocycles. The standard InChI is InChI=1S/C21H24N6O5/c1-30-18-5-3-2-4-15(18)24-6-8-25(9-7-24)16-14-17(26-10-12-31-13-11-26)21(27(28)29)20-19(16)22-32-23-20/h2-5,14H,6-13H2,1H3.